The molecule has 5 aliphatic rings. The summed E-state index contributed by atoms with van der Waals surface area (Å²) in [6.07, 6.45) is 2.76. The molecule has 4 atom stereocenters. The fraction of sp³-hybridized carbons (Fsp3) is 0.600. The SMILES string of the molecule is CC(C)C1=C[C@@]2(O)OO[C@@H]3CC4=C(COC4=O)[C@@H]4CCC(=C2[C@@]34C)C1=O. The van der Waals surface area contributed by atoms with Crippen LogP contribution < -0.4 is 0 Å². The van der Waals surface area contributed by atoms with Crippen LogP contribution >= 0.6 is 0 Å². The van der Waals surface area contributed by atoms with E-state index < -0.39 is 17.3 Å². The standard InChI is InChI=1S/C20H22O6/c1-9(2)12-7-20(23)17-10(16(12)21)4-5-14-13-8-24-18(22)11(13)6-15(25-26-20)19(14,17)3/h7,9,14-15,23H,4-6,8H2,1-3H3/t14-,15+,19+,20+/m0/s1. The van der Waals surface area contributed by atoms with E-state index in [0.717, 1.165) is 12.0 Å². The van der Waals surface area contributed by atoms with Gasteiger partial charge in [0.1, 0.15) is 12.7 Å². The van der Waals surface area contributed by atoms with E-state index in [4.69, 9.17) is 14.5 Å². The second kappa shape index (κ2) is 4.94. The maximum Gasteiger partial charge on any atom is 0.334 e. The van der Waals surface area contributed by atoms with Gasteiger partial charge in [-0.1, -0.05) is 20.8 Å². The van der Waals surface area contributed by atoms with Gasteiger partial charge in [-0.05, 0) is 36.3 Å². The smallest absolute Gasteiger partial charge is 0.334 e. The predicted molar refractivity (Wildman–Crippen MR) is 89.3 cm³/mol. The molecule has 0 saturated carbocycles. The van der Waals surface area contributed by atoms with Gasteiger partial charge in [-0.25, -0.2) is 9.68 Å². The fourth-order valence-corrected chi connectivity index (χ4v) is 5.62. The maximum absolute atomic E-state index is 13.1. The van der Waals surface area contributed by atoms with Crippen molar-refractivity contribution in [2.45, 2.75) is 51.9 Å². The highest BCUT2D eigenvalue weighted by Gasteiger charge is 2.64. The zero-order chi connectivity index (χ0) is 18.4. The second-order valence-corrected chi connectivity index (χ2v) is 8.46. The normalized spacial score (nSPS) is 41.2. The Morgan fingerprint density at radius 3 is 2.77 bits per heavy atom. The third kappa shape index (κ3) is 1.77. The molecule has 0 bridgehead atoms. The van der Waals surface area contributed by atoms with E-state index >= 15 is 0 Å². The lowest BCUT2D eigenvalue weighted by Gasteiger charge is -2.57. The zero-order valence-corrected chi connectivity index (χ0v) is 15.1. The molecule has 26 heavy (non-hydrogen) atoms. The number of hydrogen-bond donors (Lipinski definition) is 1. The van der Waals surface area contributed by atoms with Gasteiger partial charge in [-0.3, -0.25) is 4.79 Å². The molecule has 3 aliphatic carbocycles. The average molecular weight is 358 g/mol. The molecule has 5 rings (SSSR count). The number of carbonyl (C=O) groups excluding carboxylic acids is 2. The highest BCUT2D eigenvalue weighted by molar-refractivity contribution is 6.11. The highest BCUT2D eigenvalue weighted by Crippen LogP contribution is 2.63. The largest absolute Gasteiger partial charge is 0.458 e. The summed E-state index contributed by atoms with van der Waals surface area (Å²) < 4.78 is 5.26. The summed E-state index contributed by atoms with van der Waals surface area (Å²) in [6, 6.07) is 0. The molecule has 0 unspecified atom stereocenters. The van der Waals surface area contributed by atoms with Crippen LogP contribution in [0.1, 0.15) is 40.0 Å². The molecular weight excluding hydrogens is 336 g/mol. The van der Waals surface area contributed by atoms with Crippen molar-refractivity contribution in [1.82, 2.24) is 0 Å². The minimum absolute atomic E-state index is 0.00123. The van der Waals surface area contributed by atoms with Crippen molar-refractivity contribution in [3.63, 3.8) is 0 Å². The molecular formula is C20H22O6. The van der Waals surface area contributed by atoms with Crippen molar-refractivity contribution in [2.24, 2.45) is 17.3 Å². The maximum atomic E-state index is 13.1. The van der Waals surface area contributed by atoms with Crippen LogP contribution in [-0.2, 0) is 24.1 Å². The molecule has 0 spiro atoms. The zero-order valence-electron chi connectivity index (χ0n) is 15.1. The minimum Gasteiger partial charge on any atom is -0.458 e. The lowest BCUT2D eigenvalue weighted by molar-refractivity contribution is -0.449. The number of allylic oxidation sites excluding steroid dienone is 2. The number of carbonyl (C=O) groups is 2. The summed E-state index contributed by atoms with van der Waals surface area (Å²) >= 11 is 0. The number of ketones is 1. The first kappa shape index (κ1) is 16.4. The van der Waals surface area contributed by atoms with E-state index in [9.17, 15) is 14.7 Å². The van der Waals surface area contributed by atoms with Crippen LogP contribution in [0.3, 0.4) is 0 Å². The van der Waals surface area contributed by atoms with E-state index in [-0.39, 0.29) is 23.6 Å². The lowest BCUT2D eigenvalue weighted by atomic mass is 9.52. The fourth-order valence-electron chi connectivity index (χ4n) is 5.62. The van der Waals surface area contributed by atoms with Gasteiger partial charge in [-0.15, -0.1) is 0 Å². The van der Waals surface area contributed by atoms with Crippen molar-refractivity contribution in [3.05, 3.63) is 33.9 Å². The van der Waals surface area contributed by atoms with Gasteiger partial charge in [0.25, 0.3) is 0 Å². The molecule has 1 fully saturated rings. The van der Waals surface area contributed by atoms with E-state index in [0.29, 0.717) is 41.7 Å². The van der Waals surface area contributed by atoms with Gasteiger partial charge < -0.3 is 9.84 Å². The molecule has 0 aromatic rings. The van der Waals surface area contributed by atoms with E-state index in [1.165, 1.54) is 6.08 Å². The molecule has 138 valence electrons. The van der Waals surface area contributed by atoms with E-state index in [2.05, 4.69) is 0 Å². The second-order valence-electron chi connectivity index (χ2n) is 8.46. The Hall–Kier alpha value is -1.76. The van der Waals surface area contributed by atoms with Crippen LogP contribution in [0, 0.1) is 17.3 Å². The number of rotatable bonds is 1. The summed E-state index contributed by atoms with van der Waals surface area (Å²) in [5.41, 5.74) is 2.92. The summed E-state index contributed by atoms with van der Waals surface area (Å²) in [5.74, 6) is -2.03. The molecule has 0 radical (unpaired) electrons. The van der Waals surface area contributed by atoms with Gasteiger partial charge in [0.2, 0.25) is 5.79 Å². The van der Waals surface area contributed by atoms with Crippen molar-refractivity contribution >= 4 is 11.8 Å². The average Bonchev–Trinajstić information content (AvgIpc) is 2.95. The number of cyclic esters (lactones) is 1. The van der Waals surface area contributed by atoms with Crippen LogP contribution in [0.15, 0.2) is 33.9 Å². The predicted octanol–water partition coefficient (Wildman–Crippen LogP) is 2.14. The number of fused-ring (bicyclic) bond motifs is 1. The Balaban J connectivity index is 1.72. The molecule has 0 aromatic heterocycles. The van der Waals surface area contributed by atoms with Gasteiger partial charge in [0.05, 0.1) is 0 Å². The van der Waals surface area contributed by atoms with Crippen molar-refractivity contribution in [2.75, 3.05) is 6.61 Å². The minimum atomic E-state index is -1.73. The summed E-state index contributed by atoms with van der Waals surface area (Å²) in [6.45, 7) is 6.18. The summed E-state index contributed by atoms with van der Waals surface area (Å²) in [7, 11) is 0. The number of ether oxygens (including phenoxy) is 1. The quantitative estimate of drug-likeness (QED) is 0.571. The van der Waals surface area contributed by atoms with Crippen LogP contribution in [0.25, 0.3) is 0 Å². The third-order valence-electron chi connectivity index (χ3n) is 6.88. The van der Waals surface area contributed by atoms with Gasteiger partial charge >= 0.3 is 5.97 Å². The van der Waals surface area contributed by atoms with E-state index in [1.54, 1.807) is 0 Å². The molecule has 1 N–H and O–H groups in total. The number of Topliss-reactive ketones (excluding diaryl/α,β-unsaturated/α-hetero) is 1. The number of esters is 1. The first-order valence-corrected chi connectivity index (χ1v) is 9.25. The summed E-state index contributed by atoms with van der Waals surface area (Å²) in [5, 5.41) is 11.3. The van der Waals surface area contributed by atoms with Crippen molar-refractivity contribution in [3.8, 4) is 0 Å². The Morgan fingerprint density at radius 2 is 2.04 bits per heavy atom. The lowest BCUT2D eigenvalue weighted by Crippen LogP contribution is -2.61. The molecule has 6 nitrogen and oxygen atoms in total. The molecule has 2 heterocycles. The summed E-state index contributed by atoms with van der Waals surface area (Å²) in [4.78, 5) is 36.3. The van der Waals surface area contributed by atoms with Gasteiger partial charge in [0, 0.05) is 34.1 Å². The van der Waals surface area contributed by atoms with Crippen LogP contribution in [0.5, 0.6) is 0 Å². The number of hydrogen-bond acceptors (Lipinski definition) is 6. The van der Waals surface area contributed by atoms with Crippen LogP contribution in [-0.4, -0.2) is 35.4 Å². The highest BCUT2D eigenvalue weighted by atomic mass is 17.2. The Morgan fingerprint density at radius 1 is 1.27 bits per heavy atom. The Bertz CT molecular complexity index is 846. The van der Waals surface area contributed by atoms with Crippen LogP contribution in [0.4, 0.5) is 0 Å². The molecule has 0 aromatic carbocycles. The molecule has 0 amide bonds. The number of aliphatic hydroxyl groups is 1. The van der Waals surface area contributed by atoms with Crippen LogP contribution in [0.2, 0.25) is 0 Å². The monoisotopic (exact) mass is 358 g/mol. The molecule has 2 aliphatic heterocycles. The Labute approximate surface area is 151 Å². The van der Waals surface area contributed by atoms with E-state index in [1.807, 2.05) is 20.8 Å². The molecule has 1 saturated heterocycles. The van der Waals surface area contributed by atoms with Crippen molar-refractivity contribution < 1.29 is 29.2 Å². The van der Waals surface area contributed by atoms with Crippen molar-refractivity contribution in [1.29, 1.82) is 0 Å². The third-order valence-corrected chi connectivity index (χ3v) is 6.88. The van der Waals surface area contributed by atoms with Gasteiger partial charge in [-0.2, -0.15) is 4.89 Å². The first-order valence-electron chi connectivity index (χ1n) is 9.25. The Kier molecular flexibility index (Phi) is 3.12. The topological polar surface area (TPSA) is 82.1 Å². The first-order chi connectivity index (χ1) is 12.3. The van der Waals surface area contributed by atoms with Gasteiger partial charge in [0.15, 0.2) is 5.78 Å². The molecule has 6 heteroatoms.